The van der Waals surface area contributed by atoms with Gasteiger partial charge >= 0.3 is 17.9 Å². The molecule has 1 atom stereocenters. The highest BCUT2D eigenvalue weighted by atomic mass is 16.6. The number of carbonyl (C=O) groups is 3. The Kier molecular flexibility index (Phi) is 63.3. The van der Waals surface area contributed by atoms with Crippen LogP contribution in [0.25, 0.3) is 0 Å². The van der Waals surface area contributed by atoms with Crippen molar-refractivity contribution in [3.05, 3.63) is 109 Å². The smallest absolute Gasteiger partial charge is 0.306 e. The third kappa shape index (κ3) is 64.8. The summed E-state index contributed by atoms with van der Waals surface area (Å²) in [5, 5.41) is 0. The fourth-order valence-corrected chi connectivity index (χ4v) is 9.24. The van der Waals surface area contributed by atoms with Crippen LogP contribution in [0.4, 0.5) is 0 Å². The molecule has 0 aromatic heterocycles. The summed E-state index contributed by atoms with van der Waals surface area (Å²) in [5.74, 6) is -0.906. The van der Waals surface area contributed by atoms with E-state index in [-0.39, 0.29) is 31.1 Å². The van der Waals surface area contributed by atoms with Gasteiger partial charge in [-0.15, -0.1) is 0 Å². The molecular weight excluding hydrogens is 973 g/mol. The van der Waals surface area contributed by atoms with Gasteiger partial charge in [0.05, 0.1) is 0 Å². The molecule has 0 bridgehead atoms. The fourth-order valence-electron chi connectivity index (χ4n) is 9.24. The van der Waals surface area contributed by atoms with Crippen molar-refractivity contribution < 1.29 is 28.6 Å². The zero-order valence-electron chi connectivity index (χ0n) is 51.9. The molecular formula is C73H124O6. The molecule has 452 valence electrons. The summed E-state index contributed by atoms with van der Waals surface area (Å²) >= 11 is 0. The lowest BCUT2D eigenvalue weighted by Crippen LogP contribution is -2.30. The highest BCUT2D eigenvalue weighted by molar-refractivity contribution is 5.71. The van der Waals surface area contributed by atoms with Crippen LogP contribution in [-0.4, -0.2) is 37.2 Å². The summed E-state index contributed by atoms with van der Waals surface area (Å²) in [6.07, 6.45) is 90.9. The van der Waals surface area contributed by atoms with Gasteiger partial charge in [0.1, 0.15) is 13.2 Å². The maximum Gasteiger partial charge on any atom is 0.306 e. The van der Waals surface area contributed by atoms with Crippen LogP contribution < -0.4 is 0 Å². The minimum atomic E-state index is -0.795. The van der Waals surface area contributed by atoms with E-state index in [0.717, 1.165) is 122 Å². The van der Waals surface area contributed by atoms with Crippen molar-refractivity contribution in [1.82, 2.24) is 0 Å². The lowest BCUT2D eigenvalue weighted by Gasteiger charge is -2.18. The number of carbonyl (C=O) groups excluding carboxylic acids is 3. The summed E-state index contributed by atoms with van der Waals surface area (Å²) in [6, 6.07) is 0. The number of unbranched alkanes of at least 4 members (excludes halogenated alkanes) is 31. The summed E-state index contributed by atoms with van der Waals surface area (Å²) in [6.45, 7) is 6.50. The molecule has 0 heterocycles. The Morgan fingerprint density at radius 1 is 0.266 bits per heavy atom. The van der Waals surface area contributed by atoms with Gasteiger partial charge in [-0.25, -0.2) is 0 Å². The van der Waals surface area contributed by atoms with Crippen LogP contribution in [0.1, 0.15) is 316 Å². The predicted molar refractivity (Wildman–Crippen MR) is 343 cm³/mol. The monoisotopic (exact) mass is 1100 g/mol. The van der Waals surface area contributed by atoms with Crippen molar-refractivity contribution in [2.24, 2.45) is 0 Å². The lowest BCUT2D eigenvalue weighted by molar-refractivity contribution is -0.167. The largest absolute Gasteiger partial charge is 0.462 e. The summed E-state index contributed by atoms with van der Waals surface area (Å²) in [7, 11) is 0. The van der Waals surface area contributed by atoms with Crippen molar-refractivity contribution in [2.75, 3.05) is 13.2 Å². The minimum absolute atomic E-state index is 0.0886. The zero-order valence-corrected chi connectivity index (χ0v) is 51.9. The Balaban J connectivity index is 4.44. The molecule has 6 nitrogen and oxygen atoms in total. The SMILES string of the molecule is CC/C=C\C/C=C\C/C=C\C/C=C\C/C=C\CCCCCCCC(=O)OCC(COC(=O)CCCCCCCCCCC/C=C\C/C=C\CCCCC)OC(=O)CCCCCCCCCCC/C=C\C/C=C\CCCCCCC. The maximum absolute atomic E-state index is 12.9. The molecule has 0 N–H and O–H groups in total. The molecule has 0 aromatic rings. The Morgan fingerprint density at radius 3 is 0.797 bits per heavy atom. The van der Waals surface area contributed by atoms with Crippen LogP contribution in [0, 0.1) is 0 Å². The Bertz CT molecular complexity index is 1590. The summed E-state index contributed by atoms with van der Waals surface area (Å²) in [5.41, 5.74) is 0. The van der Waals surface area contributed by atoms with E-state index in [1.165, 1.54) is 154 Å². The third-order valence-electron chi connectivity index (χ3n) is 14.2. The van der Waals surface area contributed by atoms with E-state index in [9.17, 15) is 14.4 Å². The number of rotatable bonds is 60. The number of allylic oxidation sites excluding steroid dienone is 18. The highest BCUT2D eigenvalue weighted by Crippen LogP contribution is 2.16. The van der Waals surface area contributed by atoms with E-state index in [2.05, 4.69) is 130 Å². The van der Waals surface area contributed by atoms with Gasteiger partial charge < -0.3 is 14.2 Å². The number of esters is 3. The average molecular weight is 1100 g/mol. The standard InChI is InChI=1S/C73H124O6/c1-4-7-10-13-16-19-22-25-28-31-34-36-39-42-45-48-51-54-57-60-63-66-72(75)78-69-70(68-77-71(74)65-62-59-56-53-50-47-44-41-38-33-30-27-24-21-18-15-12-9-6-3)79-73(76)67-64-61-58-55-52-49-46-43-40-37-35-32-29-26-23-20-17-14-11-8-5-2/h7,10,16,18-19,21,23,25-28,30,32,34-36,42,45,70H,4-6,8-9,11-15,17,20,22,24,29,31,33,37-41,43-44,46-69H2,1-3H3/b10-7-,19-16-,21-18-,26-23-,28-25-,30-27-,35-32-,36-34-,45-42-. The molecule has 0 rings (SSSR count). The second kappa shape index (κ2) is 66.6. The van der Waals surface area contributed by atoms with Crippen LogP contribution >= 0.6 is 0 Å². The number of hydrogen-bond donors (Lipinski definition) is 0. The molecule has 0 aromatic carbocycles. The van der Waals surface area contributed by atoms with Crippen LogP contribution in [0.2, 0.25) is 0 Å². The highest BCUT2D eigenvalue weighted by Gasteiger charge is 2.19. The molecule has 0 saturated heterocycles. The predicted octanol–water partition coefficient (Wildman–Crippen LogP) is 23.0. The Labute approximate surface area is 489 Å². The molecule has 0 aliphatic rings. The molecule has 0 amide bonds. The van der Waals surface area contributed by atoms with E-state index in [0.29, 0.717) is 19.3 Å². The summed E-state index contributed by atoms with van der Waals surface area (Å²) in [4.78, 5) is 38.4. The fraction of sp³-hybridized carbons (Fsp3) is 0.712. The van der Waals surface area contributed by atoms with Crippen LogP contribution in [-0.2, 0) is 28.6 Å². The van der Waals surface area contributed by atoms with E-state index in [4.69, 9.17) is 14.2 Å². The van der Waals surface area contributed by atoms with Gasteiger partial charge in [0.25, 0.3) is 0 Å². The van der Waals surface area contributed by atoms with Gasteiger partial charge in [-0.3, -0.25) is 14.4 Å². The van der Waals surface area contributed by atoms with Crippen molar-refractivity contribution in [1.29, 1.82) is 0 Å². The molecule has 0 saturated carbocycles. The number of hydrogen-bond acceptors (Lipinski definition) is 6. The molecule has 0 aliphatic carbocycles. The molecule has 0 fully saturated rings. The first-order chi connectivity index (χ1) is 39.0. The topological polar surface area (TPSA) is 78.9 Å². The normalized spacial score (nSPS) is 12.8. The molecule has 6 heteroatoms. The van der Waals surface area contributed by atoms with Gasteiger partial charge in [-0.2, -0.15) is 0 Å². The van der Waals surface area contributed by atoms with E-state index in [1.807, 2.05) is 0 Å². The molecule has 0 radical (unpaired) electrons. The first-order valence-corrected chi connectivity index (χ1v) is 33.4. The van der Waals surface area contributed by atoms with Gasteiger partial charge in [0.2, 0.25) is 0 Å². The zero-order chi connectivity index (χ0) is 57.1. The van der Waals surface area contributed by atoms with E-state index >= 15 is 0 Å². The van der Waals surface area contributed by atoms with Crippen molar-refractivity contribution in [3.63, 3.8) is 0 Å². The summed E-state index contributed by atoms with van der Waals surface area (Å²) < 4.78 is 17.0. The maximum atomic E-state index is 12.9. The second-order valence-corrected chi connectivity index (χ2v) is 22.0. The molecule has 79 heavy (non-hydrogen) atoms. The Hall–Kier alpha value is -3.93. The van der Waals surface area contributed by atoms with Gasteiger partial charge in [0.15, 0.2) is 6.10 Å². The van der Waals surface area contributed by atoms with Gasteiger partial charge in [-0.1, -0.05) is 278 Å². The van der Waals surface area contributed by atoms with Crippen molar-refractivity contribution in [3.8, 4) is 0 Å². The quantitative estimate of drug-likeness (QED) is 0.0261. The second-order valence-electron chi connectivity index (χ2n) is 22.0. The van der Waals surface area contributed by atoms with Crippen molar-refractivity contribution >= 4 is 17.9 Å². The molecule has 0 spiro atoms. The Morgan fingerprint density at radius 2 is 0.494 bits per heavy atom. The first kappa shape index (κ1) is 75.1. The molecule has 0 aliphatic heterocycles. The van der Waals surface area contributed by atoms with E-state index in [1.54, 1.807) is 0 Å². The van der Waals surface area contributed by atoms with Crippen LogP contribution in [0.3, 0.4) is 0 Å². The van der Waals surface area contributed by atoms with Crippen molar-refractivity contribution in [2.45, 2.75) is 322 Å². The molecule has 1 unspecified atom stereocenters. The number of ether oxygens (including phenoxy) is 3. The van der Waals surface area contributed by atoms with Crippen LogP contribution in [0.15, 0.2) is 109 Å². The average Bonchev–Trinajstić information content (AvgIpc) is 3.45. The third-order valence-corrected chi connectivity index (χ3v) is 14.2. The van der Waals surface area contributed by atoms with Crippen LogP contribution in [0.5, 0.6) is 0 Å². The van der Waals surface area contributed by atoms with Gasteiger partial charge in [0, 0.05) is 19.3 Å². The minimum Gasteiger partial charge on any atom is -0.462 e. The lowest BCUT2D eigenvalue weighted by atomic mass is 10.1. The van der Waals surface area contributed by atoms with Gasteiger partial charge in [-0.05, 0) is 128 Å². The first-order valence-electron chi connectivity index (χ1n) is 33.4. The van der Waals surface area contributed by atoms with E-state index < -0.39 is 6.10 Å².